The number of ether oxygens (including phenoxy) is 1. The largest absolute Gasteiger partial charge is 0.465 e. The molecule has 2 rings (SSSR count). The van der Waals surface area contributed by atoms with E-state index in [1.807, 2.05) is 0 Å². The minimum absolute atomic E-state index is 0.00954. The molecule has 0 saturated carbocycles. The molecule has 0 spiro atoms. The fraction of sp³-hybridized carbons (Fsp3) is 0.308. The topological polar surface area (TPSA) is 75.7 Å². The van der Waals surface area contributed by atoms with Crippen molar-refractivity contribution in [3.63, 3.8) is 0 Å². The fourth-order valence-electron chi connectivity index (χ4n) is 1.97. The van der Waals surface area contributed by atoms with Gasteiger partial charge in [0.1, 0.15) is 5.82 Å². The Morgan fingerprint density at radius 2 is 2.10 bits per heavy atom. The maximum atomic E-state index is 13.9. The van der Waals surface area contributed by atoms with Gasteiger partial charge >= 0.3 is 12.0 Å². The van der Waals surface area contributed by atoms with Crippen LogP contribution in [0.15, 0.2) is 12.1 Å². The number of esters is 1. The van der Waals surface area contributed by atoms with Crippen molar-refractivity contribution in [3.8, 4) is 0 Å². The number of hydrogen-bond donors (Lipinski definition) is 1. The van der Waals surface area contributed by atoms with E-state index in [4.69, 9.17) is 0 Å². The minimum Gasteiger partial charge on any atom is -0.465 e. The molecular formula is C13H13FN2O4. The first-order valence-corrected chi connectivity index (χ1v) is 5.94. The average molecular weight is 280 g/mol. The summed E-state index contributed by atoms with van der Waals surface area (Å²) in [4.78, 5) is 35.6. The van der Waals surface area contributed by atoms with Crippen LogP contribution in [0.5, 0.6) is 0 Å². The van der Waals surface area contributed by atoms with E-state index >= 15 is 0 Å². The van der Waals surface area contributed by atoms with Crippen molar-refractivity contribution in [2.45, 2.75) is 13.3 Å². The van der Waals surface area contributed by atoms with Crippen molar-refractivity contribution in [2.75, 3.05) is 18.6 Å². The average Bonchev–Trinajstić information content (AvgIpc) is 2.41. The van der Waals surface area contributed by atoms with Gasteiger partial charge in [-0.15, -0.1) is 0 Å². The molecule has 1 fully saturated rings. The number of benzene rings is 1. The second kappa shape index (κ2) is 5.28. The van der Waals surface area contributed by atoms with Gasteiger partial charge in [-0.25, -0.2) is 14.0 Å². The number of urea groups is 1. The molecule has 1 aliphatic heterocycles. The molecule has 20 heavy (non-hydrogen) atoms. The molecule has 0 aromatic heterocycles. The molecule has 1 aromatic rings. The molecule has 0 radical (unpaired) electrons. The number of anilines is 1. The molecule has 0 aliphatic carbocycles. The van der Waals surface area contributed by atoms with Gasteiger partial charge in [0, 0.05) is 18.5 Å². The zero-order valence-corrected chi connectivity index (χ0v) is 11.0. The standard InChI is InChI=1S/C13H13FN2O4/c1-7-9(14)5-8(12(18)20-2)6-10(7)16-4-3-11(17)15-13(16)19/h5-6H,3-4H2,1-2H3,(H,15,17,19). The predicted octanol–water partition coefficient (Wildman–Crippen LogP) is 1.37. The van der Waals surface area contributed by atoms with Crippen LogP contribution in [0.25, 0.3) is 0 Å². The molecule has 1 aromatic carbocycles. The summed E-state index contributed by atoms with van der Waals surface area (Å²) in [5.74, 6) is -1.69. The van der Waals surface area contributed by atoms with Crippen molar-refractivity contribution in [2.24, 2.45) is 0 Å². The highest BCUT2D eigenvalue weighted by atomic mass is 19.1. The molecule has 106 valence electrons. The van der Waals surface area contributed by atoms with Crippen LogP contribution < -0.4 is 10.2 Å². The van der Waals surface area contributed by atoms with Crippen LogP contribution in [0.3, 0.4) is 0 Å². The highest BCUT2D eigenvalue weighted by molar-refractivity contribution is 6.06. The lowest BCUT2D eigenvalue weighted by Crippen LogP contribution is -2.49. The quantitative estimate of drug-likeness (QED) is 0.830. The van der Waals surface area contributed by atoms with Crippen molar-refractivity contribution >= 4 is 23.6 Å². The van der Waals surface area contributed by atoms with Crippen molar-refractivity contribution in [3.05, 3.63) is 29.1 Å². The molecule has 0 bridgehead atoms. The first-order chi connectivity index (χ1) is 9.43. The lowest BCUT2D eigenvalue weighted by atomic mass is 10.1. The second-order valence-electron chi connectivity index (χ2n) is 4.35. The third-order valence-corrected chi connectivity index (χ3v) is 3.08. The molecular weight excluding hydrogens is 267 g/mol. The van der Waals surface area contributed by atoms with Crippen LogP contribution in [-0.4, -0.2) is 31.6 Å². The Balaban J connectivity index is 2.45. The van der Waals surface area contributed by atoms with Gasteiger partial charge in [-0.3, -0.25) is 15.0 Å². The summed E-state index contributed by atoms with van der Waals surface area (Å²) in [6.45, 7) is 1.63. The second-order valence-corrected chi connectivity index (χ2v) is 4.35. The van der Waals surface area contributed by atoms with E-state index in [1.54, 1.807) is 0 Å². The number of amides is 3. The molecule has 1 aliphatic rings. The number of carbonyl (C=O) groups excluding carboxylic acids is 3. The number of rotatable bonds is 2. The maximum absolute atomic E-state index is 13.9. The first-order valence-electron chi connectivity index (χ1n) is 5.94. The van der Waals surface area contributed by atoms with Crippen molar-refractivity contribution < 1.29 is 23.5 Å². The third-order valence-electron chi connectivity index (χ3n) is 3.08. The first kappa shape index (κ1) is 14.0. The molecule has 1 heterocycles. The minimum atomic E-state index is -0.696. The summed E-state index contributed by atoms with van der Waals surface area (Å²) >= 11 is 0. The Morgan fingerprint density at radius 3 is 2.70 bits per heavy atom. The van der Waals surface area contributed by atoms with Crippen LogP contribution >= 0.6 is 0 Å². The van der Waals surface area contributed by atoms with Gasteiger partial charge in [-0.05, 0) is 19.1 Å². The Labute approximate surface area is 114 Å². The lowest BCUT2D eigenvalue weighted by molar-refractivity contribution is -0.120. The summed E-state index contributed by atoms with van der Waals surface area (Å²) in [5, 5.41) is 2.15. The van der Waals surface area contributed by atoms with Crippen LogP contribution in [0, 0.1) is 12.7 Å². The van der Waals surface area contributed by atoms with Crippen molar-refractivity contribution in [1.82, 2.24) is 5.32 Å². The number of imide groups is 1. The van der Waals surface area contributed by atoms with Crippen LogP contribution in [0.2, 0.25) is 0 Å². The number of methoxy groups -OCH3 is 1. The molecule has 7 heteroatoms. The summed E-state index contributed by atoms with van der Waals surface area (Å²) in [6, 6.07) is 1.79. The molecule has 1 saturated heterocycles. The Morgan fingerprint density at radius 1 is 1.40 bits per heavy atom. The summed E-state index contributed by atoms with van der Waals surface area (Å²) in [5.41, 5.74) is 0.479. The fourth-order valence-corrected chi connectivity index (χ4v) is 1.97. The number of nitrogens with zero attached hydrogens (tertiary/aromatic N) is 1. The molecule has 3 amide bonds. The molecule has 6 nitrogen and oxygen atoms in total. The van der Waals surface area contributed by atoms with E-state index < -0.39 is 17.8 Å². The van der Waals surface area contributed by atoms with Gasteiger partial charge in [-0.2, -0.15) is 0 Å². The van der Waals surface area contributed by atoms with E-state index in [0.29, 0.717) is 0 Å². The van der Waals surface area contributed by atoms with Gasteiger partial charge < -0.3 is 4.74 Å². The Bertz CT molecular complexity index is 600. The zero-order valence-electron chi connectivity index (χ0n) is 11.0. The summed E-state index contributed by atoms with van der Waals surface area (Å²) in [7, 11) is 1.19. The third kappa shape index (κ3) is 2.47. The monoisotopic (exact) mass is 280 g/mol. The molecule has 0 unspecified atom stereocenters. The highest BCUT2D eigenvalue weighted by Crippen LogP contribution is 2.26. The van der Waals surface area contributed by atoms with Crippen LogP contribution in [-0.2, 0) is 9.53 Å². The smallest absolute Gasteiger partial charge is 0.338 e. The lowest BCUT2D eigenvalue weighted by Gasteiger charge is -2.28. The van der Waals surface area contributed by atoms with E-state index in [-0.39, 0.29) is 35.7 Å². The normalized spacial score (nSPS) is 15.1. The number of halogens is 1. The number of nitrogens with one attached hydrogen (secondary N) is 1. The van der Waals surface area contributed by atoms with Gasteiger partial charge in [0.2, 0.25) is 5.91 Å². The predicted molar refractivity (Wildman–Crippen MR) is 68.0 cm³/mol. The van der Waals surface area contributed by atoms with Crippen LogP contribution in [0.4, 0.5) is 14.9 Å². The summed E-state index contributed by atoms with van der Waals surface area (Å²) in [6.07, 6.45) is 0.120. The number of carbonyl (C=O) groups is 3. The van der Waals surface area contributed by atoms with Gasteiger partial charge in [-0.1, -0.05) is 0 Å². The number of hydrogen-bond acceptors (Lipinski definition) is 4. The van der Waals surface area contributed by atoms with E-state index in [1.165, 1.54) is 25.0 Å². The van der Waals surface area contributed by atoms with E-state index in [9.17, 15) is 18.8 Å². The van der Waals surface area contributed by atoms with Gasteiger partial charge in [0.25, 0.3) is 0 Å². The summed E-state index contributed by atoms with van der Waals surface area (Å²) < 4.78 is 18.4. The SMILES string of the molecule is COC(=O)c1cc(F)c(C)c(N2CCC(=O)NC2=O)c1. The zero-order chi connectivity index (χ0) is 14.9. The molecule has 1 N–H and O–H groups in total. The van der Waals surface area contributed by atoms with Gasteiger partial charge in [0.15, 0.2) is 0 Å². The van der Waals surface area contributed by atoms with Gasteiger partial charge in [0.05, 0.1) is 18.4 Å². The Kier molecular flexibility index (Phi) is 3.69. The molecule has 0 atom stereocenters. The maximum Gasteiger partial charge on any atom is 0.338 e. The van der Waals surface area contributed by atoms with Crippen LogP contribution in [0.1, 0.15) is 22.3 Å². The van der Waals surface area contributed by atoms with E-state index in [2.05, 4.69) is 10.1 Å². The Hall–Kier alpha value is -2.44. The highest BCUT2D eigenvalue weighted by Gasteiger charge is 2.27. The van der Waals surface area contributed by atoms with E-state index in [0.717, 1.165) is 6.07 Å². The van der Waals surface area contributed by atoms with Crippen molar-refractivity contribution in [1.29, 1.82) is 0 Å².